The van der Waals surface area contributed by atoms with Crippen molar-refractivity contribution < 1.29 is 9.32 Å². The Kier molecular flexibility index (Phi) is 6.65. The van der Waals surface area contributed by atoms with Gasteiger partial charge in [-0.2, -0.15) is 4.98 Å². The number of carbonyl (C=O) groups is 1. The lowest BCUT2D eigenvalue weighted by atomic mass is 10.2. The van der Waals surface area contributed by atoms with E-state index in [0.29, 0.717) is 31.2 Å². The van der Waals surface area contributed by atoms with Gasteiger partial charge in [0.2, 0.25) is 17.6 Å². The van der Waals surface area contributed by atoms with Crippen molar-refractivity contribution in [3.63, 3.8) is 0 Å². The highest BCUT2D eigenvalue weighted by atomic mass is 16.5. The van der Waals surface area contributed by atoms with Crippen LogP contribution in [-0.2, 0) is 17.8 Å². The predicted molar refractivity (Wildman–Crippen MR) is 121 cm³/mol. The number of hydrogen-bond acceptors (Lipinski definition) is 4. The molecule has 1 aromatic heterocycles. The topological polar surface area (TPSA) is 59.2 Å². The smallest absolute Gasteiger partial charge is 0.246 e. The summed E-state index contributed by atoms with van der Waals surface area (Å²) < 4.78 is 5.41. The van der Waals surface area contributed by atoms with E-state index in [4.69, 9.17) is 4.52 Å². The third-order valence-electron chi connectivity index (χ3n) is 4.84. The van der Waals surface area contributed by atoms with Crippen LogP contribution in [0.1, 0.15) is 17.0 Å². The lowest BCUT2D eigenvalue weighted by Crippen LogP contribution is -2.31. The maximum atomic E-state index is 12.9. The molecule has 5 nitrogen and oxygen atoms in total. The summed E-state index contributed by atoms with van der Waals surface area (Å²) in [5, 5.41) is 4.07. The van der Waals surface area contributed by atoms with E-state index in [9.17, 15) is 4.79 Å². The summed E-state index contributed by atoms with van der Waals surface area (Å²) in [6, 6.07) is 29.4. The maximum absolute atomic E-state index is 12.9. The molecule has 154 valence electrons. The molecule has 4 rings (SSSR count). The van der Waals surface area contributed by atoms with E-state index in [1.807, 2.05) is 97.1 Å². The summed E-state index contributed by atoms with van der Waals surface area (Å²) in [5.74, 6) is 1.01. The van der Waals surface area contributed by atoms with Crippen molar-refractivity contribution in [3.05, 3.63) is 114 Å². The second-order valence-corrected chi connectivity index (χ2v) is 7.12. The van der Waals surface area contributed by atoms with Crippen LogP contribution < -0.4 is 0 Å². The molecule has 0 spiro atoms. The summed E-state index contributed by atoms with van der Waals surface area (Å²) in [6.45, 7) is 0.988. The largest absolute Gasteiger partial charge is 0.339 e. The summed E-state index contributed by atoms with van der Waals surface area (Å²) in [5.41, 5.74) is 2.96. The Hall–Kier alpha value is -3.99. The Morgan fingerprint density at radius 1 is 0.871 bits per heavy atom. The van der Waals surface area contributed by atoms with Crippen LogP contribution in [0, 0.1) is 0 Å². The Labute approximate surface area is 181 Å². The number of amides is 1. The van der Waals surface area contributed by atoms with Gasteiger partial charge in [0.05, 0.1) is 0 Å². The van der Waals surface area contributed by atoms with Crippen molar-refractivity contribution in [1.29, 1.82) is 0 Å². The van der Waals surface area contributed by atoms with Gasteiger partial charge < -0.3 is 9.42 Å². The third-order valence-corrected chi connectivity index (χ3v) is 4.84. The fraction of sp³-hybridized carbons (Fsp3) is 0.115. The van der Waals surface area contributed by atoms with Crippen molar-refractivity contribution in [2.45, 2.75) is 13.0 Å². The lowest BCUT2D eigenvalue weighted by Gasteiger charge is -2.20. The van der Waals surface area contributed by atoms with Crippen LogP contribution in [0.2, 0.25) is 0 Å². The Morgan fingerprint density at radius 2 is 1.52 bits per heavy atom. The molecule has 0 radical (unpaired) electrons. The number of aromatic nitrogens is 2. The van der Waals surface area contributed by atoms with Gasteiger partial charge in [0, 0.05) is 31.1 Å². The fourth-order valence-electron chi connectivity index (χ4n) is 3.20. The highest BCUT2D eigenvalue weighted by Gasteiger charge is 2.15. The first kappa shape index (κ1) is 20.3. The molecule has 0 aliphatic rings. The van der Waals surface area contributed by atoms with Gasteiger partial charge >= 0.3 is 0 Å². The number of nitrogens with zero attached hydrogens (tertiary/aromatic N) is 3. The first-order valence-electron chi connectivity index (χ1n) is 10.2. The van der Waals surface area contributed by atoms with Crippen LogP contribution in [0.15, 0.2) is 102 Å². The van der Waals surface area contributed by atoms with E-state index >= 15 is 0 Å². The van der Waals surface area contributed by atoms with Crippen molar-refractivity contribution in [2.75, 3.05) is 6.54 Å². The summed E-state index contributed by atoms with van der Waals surface area (Å²) in [6.07, 6.45) is 3.93. The van der Waals surface area contributed by atoms with Crippen LogP contribution >= 0.6 is 0 Å². The molecule has 0 saturated heterocycles. The standard InChI is InChI=1S/C26H23N3O2/c30-25(17-16-21-10-4-1-5-11-21)29(20-22-12-6-2-7-13-22)19-18-24-27-26(28-31-24)23-14-8-3-9-15-23/h1-17H,18-20H2. The molecule has 0 bridgehead atoms. The van der Waals surface area contributed by atoms with Crippen LogP contribution in [0.3, 0.4) is 0 Å². The minimum atomic E-state index is -0.0597. The van der Waals surface area contributed by atoms with E-state index in [1.54, 1.807) is 11.0 Å². The van der Waals surface area contributed by atoms with E-state index < -0.39 is 0 Å². The molecule has 31 heavy (non-hydrogen) atoms. The average molecular weight is 409 g/mol. The van der Waals surface area contributed by atoms with Crippen LogP contribution in [-0.4, -0.2) is 27.5 Å². The molecule has 1 amide bonds. The summed E-state index contributed by atoms with van der Waals surface area (Å²) >= 11 is 0. The zero-order valence-electron chi connectivity index (χ0n) is 17.1. The highest BCUT2D eigenvalue weighted by Crippen LogP contribution is 2.15. The zero-order valence-corrected chi connectivity index (χ0v) is 17.1. The van der Waals surface area contributed by atoms with E-state index in [0.717, 1.165) is 16.7 Å². The molecular weight excluding hydrogens is 386 g/mol. The summed E-state index contributed by atoms with van der Waals surface area (Å²) in [4.78, 5) is 19.2. The Bertz CT molecular complexity index is 1120. The van der Waals surface area contributed by atoms with Gasteiger partial charge in [0.25, 0.3) is 0 Å². The van der Waals surface area contributed by atoms with Gasteiger partial charge in [0.15, 0.2) is 0 Å². The predicted octanol–water partition coefficient (Wildman–Crippen LogP) is 5.02. The number of carbonyl (C=O) groups excluding carboxylic acids is 1. The Balaban J connectivity index is 1.46. The third kappa shape index (κ3) is 5.76. The monoisotopic (exact) mass is 409 g/mol. The number of hydrogen-bond donors (Lipinski definition) is 0. The maximum Gasteiger partial charge on any atom is 0.246 e. The van der Waals surface area contributed by atoms with Gasteiger partial charge in [-0.3, -0.25) is 4.79 Å². The second-order valence-electron chi connectivity index (χ2n) is 7.12. The minimum Gasteiger partial charge on any atom is -0.339 e. The molecule has 0 aliphatic heterocycles. The summed E-state index contributed by atoms with van der Waals surface area (Å²) in [7, 11) is 0. The van der Waals surface area contributed by atoms with Gasteiger partial charge in [-0.25, -0.2) is 0 Å². The normalized spacial score (nSPS) is 11.0. The molecule has 4 aromatic rings. The molecule has 1 heterocycles. The van der Waals surface area contributed by atoms with Crippen LogP contribution in [0.5, 0.6) is 0 Å². The van der Waals surface area contributed by atoms with Crippen molar-refractivity contribution >= 4 is 12.0 Å². The van der Waals surface area contributed by atoms with Crippen molar-refractivity contribution in [1.82, 2.24) is 15.0 Å². The quantitative estimate of drug-likeness (QED) is 0.383. The molecule has 0 unspecified atom stereocenters. The molecular formula is C26H23N3O2. The molecule has 3 aromatic carbocycles. The SMILES string of the molecule is O=C(C=Cc1ccccc1)N(CCc1nc(-c2ccccc2)no1)Cc1ccccc1. The van der Waals surface area contributed by atoms with Gasteiger partial charge in [-0.1, -0.05) is 96.2 Å². The molecule has 5 heteroatoms. The second kappa shape index (κ2) is 10.2. The zero-order chi connectivity index (χ0) is 21.3. The van der Waals surface area contributed by atoms with Crippen LogP contribution in [0.25, 0.3) is 17.5 Å². The fourth-order valence-corrected chi connectivity index (χ4v) is 3.20. The van der Waals surface area contributed by atoms with E-state index in [2.05, 4.69) is 10.1 Å². The van der Waals surface area contributed by atoms with E-state index in [-0.39, 0.29) is 5.91 Å². The van der Waals surface area contributed by atoms with Gasteiger partial charge in [-0.15, -0.1) is 0 Å². The molecule has 0 aliphatic carbocycles. The Morgan fingerprint density at radius 3 is 2.23 bits per heavy atom. The van der Waals surface area contributed by atoms with Crippen molar-refractivity contribution in [2.24, 2.45) is 0 Å². The number of benzene rings is 3. The first-order chi connectivity index (χ1) is 15.3. The minimum absolute atomic E-state index is 0.0597. The average Bonchev–Trinajstić information content (AvgIpc) is 3.31. The van der Waals surface area contributed by atoms with Gasteiger partial charge in [0.1, 0.15) is 0 Å². The van der Waals surface area contributed by atoms with Crippen molar-refractivity contribution in [3.8, 4) is 11.4 Å². The molecule has 0 saturated carbocycles. The first-order valence-corrected chi connectivity index (χ1v) is 10.2. The molecule has 0 N–H and O–H groups in total. The van der Waals surface area contributed by atoms with E-state index in [1.165, 1.54) is 0 Å². The number of rotatable bonds is 8. The van der Waals surface area contributed by atoms with Gasteiger partial charge in [-0.05, 0) is 17.2 Å². The highest BCUT2D eigenvalue weighted by molar-refractivity contribution is 5.91. The lowest BCUT2D eigenvalue weighted by molar-refractivity contribution is -0.126. The molecule has 0 atom stereocenters. The van der Waals surface area contributed by atoms with Crippen LogP contribution in [0.4, 0.5) is 0 Å². The molecule has 0 fully saturated rings.